The molecule has 1 aromatic heterocycles. The molecular weight excluding hydrogens is 753 g/mol. The Morgan fingerprint density at radius 3 is 2.37 bits per heavy atom. The number of benzene rings is 2. The van der Waals surface area contributed by atoms with Crippen LogP contribution in [-0.4, -0.2) is 133 Å². The van der Waals surface area contributed by atoms with Crippen LogP contribution in [0.15, 0.2) is 48.6 Å². The van der Waals surface area contributed by atoms with E-state index in [-0.39, 0.29) is 12.0 Å². The monoisotopic (exact) mass is 810 g/mol. The summed E-state index contributed by atoms with van der Waals surface area (Å²) in [6, 6.07) is 11.0. The van der Waals surface area contributed by atoms with Crippen molar-refractivity contribution in [2.75, 3.05) is 66.0 Å². The molecule has 1 spiro atoms. The molecule has 1 saturated carbocycles. The smallest absolute Gasteiger partial charge is 0.344 e. The Morgan fingerprint density at radius 2 is 1.68 bits per heavy atom. The average Bonchev–Trinajstić information content (AvgIpc) is 3.90. The number of piperidine rings is 1. The second-order valence-electron chi connectivity index (χ2n) is 18.2. The quantitative estimate of drug-likeness (QED) is 0.180. The number of carbonyl (C=O) groups is 3. The van der Waals surface area contributed by atoms with Crippen LogP contribution in [0.4, 0.5) is 5.69 Å². The molecule has 10 atom stereocenters. The summed E-state index contributed by atoms with van der Waals surface area (Å²) in [5.41, 5.74) is -1.69. The van der Waals surface area contributed by atoms with Crippen molar-refractivity contribution in [2.24, 2.45) is 11.3 Å². The van der Waals surface area contributed by atoms with Crippen LogP contribution in [0.2, 0.25) is 0 Å². The number of nitrogens with one attached hydrogen (secondary N) is 1. The van der Waals surface area contributed by atoms with E-state index in [1.54, 1.807) is 7.11 Å². The number of likely N-dealkylation sites (N-methyl/N-ethyl adjacent to an activating group) is 1. The van der Waals surface area contributed by atoms with E-state index >= 15 is 4.79 Å². The first kappa shape index (κ1) is 40.0. The lowest BCUT2D eigenvalue weighted by atomic mass is 9.47. The fourth-order valence-electron chi connectivity index (χ4n) is 13.6. The van der Waals surface area contributed by atoms with Crippen LogP contribution in [0.1, 0.15) is 75.3 Å². The number of esters is 3. The number of anilines is 1. The zero-order chi connectivity index (χ0) is 41.9. The van der Waals surface area contributed by atoms with Crippen molar-refractivity contribution in [3.05, 3.63) is 70.9 Å². The number of H-pyrrole nitrogens is 1. The predicted octanol–water partition coefficient (Wildman–Crippen LogP) is 3.99. The largest absolute Gasteiger partial charge is 0.494 e. The van der Waals surface area contributed by atoms with Gasteiger partial charge in [-0.05, 0) is 68.2 Å². The molecule has 5 aliphatic heterocycles. The first-order valence-corrected chi connectivity index (χ1v) is 21.2. The molecule has 6 heterocycles. The first-order chi connectivity index (χ1) is 28.2. The second kappa shape index (κ2) is 13.8. The Balaban J connectivity index is 1.35. The average molecular weight is 811 g/mol. The van der Waals surface area contributed by atoms with Gasteiger partial charge in [0, 0.05) is 79.2 Å². The Bertz CT molecular complexity index is 2260. The van der Waals surface area contributed by atoms with E-state index < -0.39 is 57.5 Å². The molecule has 2 aromatic carbocycles. The number of hydrogen-bond acceptors (Lipinski definition) is 12. The molecule has 59 heavy (non-hydrogen) atoms. The fourth-order valence-corrected chi connectivity index (χ4v) is 13.6. The third kappa shape index (κ3) is 5.13. The van der Waals surface area contributed by atoms with Crippen LogP contribution in [0.25, 0.3) is 10.9 Å². The molecule has 3 N–H and O–H groups in total. The zero-order valence-corrected chi connectivity index (χ0v) is 35.3. The lowest BCUT2D eigenvalue weighted by Gasteiger charge is -2.63. The van der Waals surface area contributed by atoms with Gasteiger partial charge in [-0.25, -0.2) is 4.79 Å². The number of carbonyl (C=O) groups excluding carboxylic acids is 3. The van der Waals surface area contributed by atoms with Gasteiger partial charge in [-0.1, -0.05) is 56.3 Å². The zero-order valence-electron chi connectivity index (χ0n) is 35.3. The number of methoxy groups -OCH3 is 3. The van der Waals surface area contributed by atoms with E-state index in [2.05, 4.69) is 39.1 Å². The summed E-state index contributed by atoms with van der Waals surface area (Å²) in [6.07, 6.45) is 5.96. The van der Waals surface area contributed by atoms with Gasteiger partial charge in [-0.3, -0.25) is 19.4 Å². The molecule has 13 heteroatoms. The number of nitrogens with zero attached hydrogens (tertiary/aromatic N) is 3. The molecule has 9 rings (SSSR count). The highest BCUT2D eigenvalue weighted by molar-refractivity contribution is 5.95. The minimum atomic E-state index is -2.32. The fraction of sp³-hybridized carbons (Fsp3) is 0.587. The number of hydrogen-bond donors (Lipinski definition) is 3. The van der Waals surface area contributed by atoms with Gasteiger partial charge in [-0.15, -0.1) is 0 Å². The Morgan fingerprint density at radius 1 is 0.932 bits per heavy atom. The van der Waals surface area contributed by atoms with Crippen LogP contribution in [0.3, 0.4) is 0 Å². The molecule has 0 radical (unpaired) electrons. The van der Waals surface area contributed by atoms with E-state index in [9.17, 15) is 19.8 Å². The maximum atomic E-state index is 15.2. The number of rotatable bonds is 7. The standard InChI is InChI=1S/C46H58N4O9/c1-8-42(54)23-28-24-45(40(52)57-6,36-30(17-21-49(25-28)26-42)29-13-10-11-14-33(29)47-36)32-16-15-31-34(35(32)56-5)48(4)38-44(31)19-22-50-20-12-18-43(9-2,37(44)50)39(59-27(3)51)46(38,55)41(53)58-7/h10-16,18,28,37-39,47,54-55H,8-9,17,19-26H2,1-7H3/t28?,37-,38+,39+,42-,43+,44+,45-,46-/m0/s1. The molecule has 13 nitrogen and oxygen atoms in total. The molecule has 0 amide bonds. The maximum Gasteiger partial charge on any atom is 0.344 e. The Hall–Kier alpha value is -4.43. The van der Waals surface area contributed by atoms with E-state index in [1.165, 1.54) is 21.1 Å². The number of aromatic nitrogens is 1. The van der Waals surface area contributed by atoms with E-state index in [1.807, 2.05) is 50.1 Å². The normalized spacial score (nSPS) is 37.0. The Kier molecular flexibility index (Phi) is 9.36. The van der Waals surface area contributed by atoms with Crippen LogP contribution in [0, 0.1) is 11.3 Å². The summed E-state index contributed by atoms with van der Waals surface area (Å²) >= 11 is 0. The van der Waals surface area contributed by atoms with Crippen LogP contribution in [-0.2, 0) is 45.8 Å². The SMILES string of the molecule is CC[C@]1(O)CC2CN(CCc3c([nH]c4ccccc34)[C@@](C(=O)OC)(c3ccc4c(c3OC)N(C)[C@H]3[C@@](O)(C(=O)OC)[C@H](OC(C)=O)[C@]5(CC)C=CCN6CC[C@]43[C@@H]65)C2)C1. The Labute approximate surface area is 345 Å². The van der Waals surface area contributed by atoms with Crippen molar-refractivity contribution in [1.29, 1.82) is 0 Å². The second-order valence-corrected chi connectivity index (χ2v) is 18.2. The highest BCUT2D eigenvalue weighted by Gasteiger charge is 2.80. The molecule has 3 aromatic rings. The van der Waals surface area contributed by atoms with E-state index in [0.29, 0.717) is 88.2 Å². The van der Waals surface area contributed by atoms with Crippen LogP contribution in [0.5, 0.6) is 5.75 Å². The van der Waals surface area contributed by atoms with Crippen molar-refractivity contribution in [2.45, 2.75) is 99.5 Å². The highest BCUT2D eigenvalue weighted by atomic mass is 16.6. The number of aliphatic hydroxyl groups is 2. The van der Waals surface area contributed by atoms with Crippen molar-refractivity contribution in [3.8, 4) is 5.75 Å². The summed E-state index contributed by atoms with van der Waals surface area (Å²) in [4.78, 5) is 53.1. The van der Waals surface area contributed by atoms with Crippen molar-refractivity contribution < 1.29 is 43.5 Å². The summed E-state index contributed by atoms with van der Waals surface area (Å²) in [6.45, 7) is 8.65. The third-order valence-corrected chi connectivity index (χ3v) is 15.6. The molecule has 1 aliphatic carbocycles. The van der Waals surface area contributed by atoms with Crippen molar-refractivity contribution in [1.82, 2.24) is 14.8 Å². The molecule has 2 unspecified atom stereocenters. The minimum Gasteiger partial charge on any atom is -0.494 e. The summed E-state index contributed by atoms with van der Waals surface area (Å²) in [7, 11) is 6.13. The molecule has 316 valence electrons. The number of fused-ring (bicyclic) bond motifs is 6. The van der Waals surface area contributed by atoms with Gasteiger partial charge in [0.25, 0.3) is 0 Å². The third-order valence-electron chi connectivity index (χ3n) is 15.6. The molecule has 2 bridgehead atoms. The molecule has 6 aliphatic rings. The minimum absolute atomic E-state index is 0.0986. The summed E-state index contributed by atoms with van der Waals surface area (Å²) in [5, 5.41) is 26.3. The van der Waals surface area contributed by atoms with Crippen molar-refractivity contribution in [3.63, 3.8) is 0 Å². The number of aromatic amines is 1. The van der Waals surface area contributed by atoms with Gasteiger partial charge in [0.2, 0.25) is 5.60 Å². The van der Waals surface area contributed by atoms with Crippen molar-refractivity contribution >= 4 is 34.5 Å². The van der Waals surface area contributed by atoms with Gasteiger partial charge in [0.1, 0.15) is 11.2 Å². The predicted molar refractivity (Wildman–Crippen MR) is 220 cm³/mol. The highest BCUT2D eigenvalue weighted by Crippen LogP contribution is 2.69. The summed E-state index contributed by atoms with van der Waals surface area (Å²) in [5.74, 6) is -1.60. The topological polar surface area (TPSA) is 154 Å². The lowest BCUT2D eigenvalue weighted by molar-refractivity contribution is -0.228. The maximum absolute atomic E-state index is 15.2. The van der Waals surface area contributed by atoms with Crippen LogP contribution < -0.4 is 9.64 Å². The molecular formula is C46H58N4O9. The first-order valence-electron chi connectivity index (χ1n) is 21.2. The van der Waals surface area contributed by atoms with Crippen LogP contribution >= 0.6 is 0 Å². The molecule has 2 saturated heterocycles. The number of ether oxygens (including phenoxy) is 4. The van der Waals surface area contributed by atoms with Gasteiger partial charge in [-0.2, -0.15) is 0 Å². The number of para-hydroxylation sites is 1. The van der Waals surface area contributed by atoms with E-state index in [0.717, 1.165) is 27.7 Å². The van der Waals surface area contributed by atoms with Gasteiger partial charge in [0.15, 0.2) is 6.10 Å². The van der Waals surface area contributed by atoms with Gasteiger partial charge in [0.05, 0.1) is 38.7 Å². The lowest BCUT2D eigenvalue weighted by Crippen LogP contribution is -2.81. The van der Waals surface area contributed by atoms with Gasteiger partial charge >= 0.3 is 17.9 Å². The molecule has 3 fully saturated rings. The van der Waals surface area contributed by atoms with E-state index in [4.69, 9.17) is 18.9 Å². The summed E-state index contributed by atoms with van der Waals surface area (Å²) < 4.78 is 24.1. The van der Waals surface area contributed by atoms with Gasteiger partial charge < -0.3 is 39.0 Å².